The average Bonchev–Trinajstić information content (AvgIpc) is 3.07. The zero-order chi connectivity index (χ0) is 18.8. The molecule has 0 radical (unpaired) electrons. The maximum absolute atomic E-state index is 12.3. The third-order valence-corrected chi connectivity index (χ3v) is 5.70. The van der Waals surface area contributed by atoms with Gasteiger partial charge in [-0.15, -0.1) is 11.8 Å². The van der Waals surface area contributed by atoms with Gasteiger partial charge < -0.3 is 9.72 Å². The lowest BCUT2D eigenvalue weighted by Crippen LogP contribution is -2.24. The molecule has 0 aliphatic rings. The zero-order valence-electron chi connectivity index (χ0n) is 14.2. The van der Waals surface area contributed by atoms with Crippen molar-refractivity contribution in [3.05, 3.63) is 76.7 Å². The molecule has 2 aromatic carbocycles. The number of thioether (sulfide) groups is 1. The van der Waals surface area contributed by atoms with Gasteiger partial charge in [-0.2, -0.15) is 0 Å². The molecule has 4 aromatic rings. The maximum atomic E-state index is 12.3. The summed E-state index contributed by atoms with van der Waals surface area (Å²) in [6.07, 6.45) is 3.65. The van der Waals surface area contributed by atoms with Gasteiger partial charge in [-0.1, -0.05) is 47.5 Å². The Labute approximate surface area is 170 Å². The second kappa shape index (κ2) is 7.80. The zero-order valence-corrected chi connectivity index (χ0v) is 16.5. The third kappa shape index (κ3) is 4.05. The molecule has 1 amide bonds. The van der Waals surface area contributed by atoms with Crippen molar-refractivity contribution in [1.29, 1.82) is 0 Å². The molecule has 136 valence electrons. The molecule has 2 aromatic heterocycles. The molecule has 0 aliphatic heterocycles. The summed E-state index contributed by atoms with van der Waals surface area (Å²) in [5, 5.41) is 6.29. The minimum absolute atomic E-state index is 0.0563. The van der Waals surface area contributed by atoms with Gasteiger partial charge in [0.15, 0.2) is 0 Å². The minimum atomic E-state index is -0.0563. The van der Waals surface area contributed by atoms with E-state index in [1.807, 2.05) is 53.1 Å². The Balaban J connectivity index is 1.40. The van der Waals surface area contributed by atoms with E-state index in [9.17, 15) is 4.79 Å². The number of rotatable bonds is 5. The van der Waals surface area contributed by atoms with E-state index < -0.39 is 0 Å². The molecule has 4 rings (SSSR count). The van der Waals surface area contributed by atoms with Crippen LogP contribution in [0.4, 0.5) is 0 Å². The van der Waals surface area contributed by atoms with Crippen LogP contribution >= 0.6 is 35.0 Å². The molecule has 7 heteroatoms. The van der Waals surface area contributed by atoms with Gasteiger partial charge in [0.1, 0.15) is 5.65 Å². The number of carbonyl (C=O) groups is 1. The van der Waals surface area contributed by atoms with Crippen LogP contribution in [0.2, 0.25) is 10.0 Å². The first kappa shape index (κ1) is 18.2. The molecule has 0 fully saturated rings. The van der Waals surface area contributed by atoms with Crippen molar-refractivity contribution in [1.82, 2.24) is 14.7 Å². The predicted octanol–water partition coefficient (Wildman–Crippen LogP) is 5.20. The fourth-order valence-corrected chi connectivity index (χ4v) is 4.31. The van der Waals surface area contributed by atoms with Gasteiger partial charge in [0, 0.05) is 27.7 Å². The van der Waals surface area contributed by atoms with Crippen molar-refractivity contribution in [2.24, 2.45) is 0 Å². The van der Waals surface area contributed by atoms with E-state index in [0.717, 1.165) is 27.0 Å². The highest BCUT2D eigenvalue weighted by Crippen LogP contribution is 2.33. The van der Waals surface area contributed by atoms with Crippen LogP contribution in [0.1, 0.15) is 5.69 Å². The summed E-state index contributed by atoms with van der Waals surface area (Å²) in [6, 6.07) is 15.4. The number of halogens is 2. The molecule has 0 atom stereocenters. The summed E-state index contributed by atoms with van der Waals surface area (Å²) in [7, 11) is 0. The maximum Gasteiger partial charge on any atom is 0.230 e. The number of amides is 1. The van der Waals surface area contributed by atoms with Crippen molar-refractivity contribution in [2.75, 3.05) is 5.75 Å². The van der Waals surface area contributed by atoms with Crippen LogP contribution in [-0.4, -0.2) is 21.0 Å². The van der Waals surface area contributed by atoms with Crippen molar-refractivity contribution >= 4 is 57.3 Å². The molecule has 1 N–H and O–H groups in total. The van der Waals surface area contributed by atoms with Gasteiger partial charge in [-0.05, 0) is 29.7 Å². The molecule has 2 heterocycles. The second-order valence-corrected chi connectivity index (χ2v) is 7.87. The van der Waals surface area contributed by atoms with E-state index in [1.165, 1.54) is 11.8 Å². The van der Waals surface area contributed by atoms with Crippen molar-refractivity contribution in [2.45, 2.75) is 11.4 Å². The average molecular weight is 416 g/mol. The van der Waals surface area contributed by atoms with Gasteiger partial charge in [-0.3, -0.25) is 4.79 Å². The highest BCUT2D eigenvalue weighted by atomic mass is 35.5. The second-order valence-electron chi connectivity index (χ2n) is 6.00. The van der Waals surface area contributed by atoms with E-state index in [1.54, 1.807) is 12.3 Å². The van der Waals surface area contributed by atoms with Gasteiger partial charge in [0.25, 0.3) is 0 Å². The van der Waals surface area contributed by atoms with E-state index >= 15 is 0 Å². The Morgan fingerprint density at radius 2 is 1.89 bits per heavy atom. The Kier molecular flexibility index (Phi) is 5.25. The number of nitrogens with one attached hydrogen (secondary N) is 1. The van der Waals surface area contributed by atoms with Gasteiger partial charge in [-0.25, -0.2) is 4.98 Å². The van der Waals surface area contributed by atoms with E-state index in [4.69, 9.17) is 23.2 Å². The van der Waals surface area contributed by atoms with E-state index in [2.05, 4.69) is 10.3 Å². The Morgan fingerprint density at radius 1 is 1.07 bits per heavy atom. The van der Waals surface area contributed by atoms with Crippen LogP contribution in [0.15, 0.2) is 65.8 Å². The number of pyridine rings is 1. The number of benzene rings is 2. The largest absolute Gasteiger partial charge is 0.350 e. The van der Waals surface area contributed by atoms with Crippen LogP contribution in [-0.2, 0) is 11.3 Å². The standard InChI is InChI=1S/C20H15Cl2N3OS/c21-14-7-8-18-24-15(11-25(18)10-14)9-23-19(26)12-27-17-6-2-4-13-3-1-5-16(22)20(13)17/h1-8,10-11H,9,12H2,(H,23,26). The van der Waals surface area contributed by atoms with E-state index in [-0.39, 0.29) is 5.91 Å². The highest BCUT2D eigenvalue weighted by Gasteiger charge is 2.09. The molecule has 27 heavy (non-hydrogen) atoms. The summed E-state index contributed by atoms with van der Waals surface area (Å²) in [5.41, 5.74) is 1.58. The minimum Gasteiger partial charge on any atom is -0.350 e. The molecule has 0 spiro atoms. The first-order chi connectivity index (χ1) is 13.1. The monoisotopic (exact) mass is 415 g/mol. The number of fused-ring (bicyclic) bond motifs is 2. The highest BCUT2D eigenvalue weighted by molar-refractivity contribution is 8.00. The Hall–Kier alpha value is -2.21. The topological polar surface area (TPSA) is 46.4 Å². The molecule has 0 saturated carbocycles. The van der Waals surface area contributed by atoms with Crippen molar-refractivity contribution in [3.63, 3.8) is 0 Å². The summed E-state index contributed by atoms with van der Waals surface area (Å²) in [4.78, 5) is 17.7. The fourth-order valence-electron chi connectivity index (χ4n) is 2.87. The predicted molar refractivity (Wildman–Crippen MR) is 112 cm³/mol. The summed E-state index contributed by atoms with van der Waals surface area (Å²) in [6.45, 7) is 0.370. The van der Waals surface area contributed by atoms with Crippen LogP contribution in [0, 0.1) is 0 Å². The number of nitrogens with zero attached hydrogens (tertiary/aromatic N) is 2. The molecule has 0 saturated heterocycles. The van der Waals surface area contributed by atoms with E-state index in [0.29, 0.717) is 22.3 Å². The molecular weight excluding hydrogens is 401 g/mol. The van der Waals surface area contributed by atoms with Crippen LogP contribution < -0.4 is 5.32 Å². The summed E-state index contributed by atoms with van der Waals surface area (Å²) in [5.74, 6) is 0.253. The molecular formula is C20H15Cl2N3OS. The van der Waals surface area contributed by atoms with Gasteiger partial charge in [0.05, 0.1) is 23.0 Å². The lowest BCUT2D eigenvalue weighted by Gasteiger charge is -2.08. The fraction of sp³-hybridized carbons (Fsp3) is 0.100. The smallest absolute Gasteiger partial charge is 0.230 e. The summed E-state index contributed by atoms with van der Waals surface area (Å²) < 4.78 is 1.84. The molecule has 0 bridgehead atoms. The number of hydrogen-bond acceptors (Lipinski definition) is 3. The number of carbonyl (C=O) groups excluding carboxylic acids is 1. The lowest BCUT2D eigenvalue weighted by atomic mass is 10.1. The van der Waals surface area contributed by atoms with Crippen molar-refractivity contribution in [3.8, 4) is 0 Å². The molecule has 4 nitrogen and oxygen atoms in total. The number of hydrogen-bond donors (Lipinski definition) is 1. The molecule has 0 unspecified atom stereocenters. The van der Waals surface area contributed by atoms with Gasteiger partial charge in [0.2, 0.25) is 5.91 Å². The first-order valence-corrected chi connectivity index (χ1v) is 10.0. The number of imidazole rings is 1. The summed E-state index contributed by atoms with van der Waals surface area (Å²) >= 11 is 13.8. The molecule has 0 aliphatic carbocycles. The van der Waals surface area contributed by atoms with Crippen LogP contribution in [0.25, 0.3) is 16.4 Å². The van der Waals surface area contributed by atoms with Crippen molar-refractivity contribution < 1.29 is 4.79 Å². The quantitative estimate of drug-likeness (QED) is 0.455. The number of aromatic nitrogens is 2. The third-order valence-electron chi connectivity index (χ3n) is 4.11. The van der Waals surface area contributed by atoms with Crippen LogP contribution in [0.3, 0.4) is 0 Å². The van der Waals surface area contributed by atoms with Crippen LogP contribution in [0.5, 0.6) is 0 Å². The SMILES string of the molecule is O=C(CSc1cccc2cccc(Cl)c12)NCc1cn2cc(Cl)ccc2n1. The first-order valence-electron chi connectivity index (χ1n) is 8.30. The Bertz CT molecular complexity index is 1140. The normalized spacial score (nSPS) is 11.2. The van der Waals surface area contributed by atoms with Gasteiger partial charge >= 0.3 is 0 Å². The lowest BCUT2D eigenvalue weighted by molar-refractivity contribution is -0.118. The Morgan fingerprint density at radius 3 is 2.74 bits per heavy atom.